The van der Waals surface area contributed by atoms with Gasteiger partial charge in [0.25, 0.3) is 5.91 Å². The van der Waals surface area contributed by atoms with Crippen molar-refractivity contribution in [2.24, 2.45) is 5.18 Å². The molecule has 1 aliphatic carbocycles. The maximum Gasteiger partial charge on any atom is 0.387 e. The highest BCUT2D eigenvalue weighted by atomic mass is 19.3. The van der Waals surface area contributed by atoms with Crippen LogP contribution in [0.5, 0.6) is 5.75 Å². The van der Waals surface area contributed by atoms with Crippen molar-refractivity contribution >= 4 is 22.6 Å². The van der Waals surface area contributed by atoms with E-state index in [2.05, 4.69) is 30.6 Å². The van der Waals surface area contributed by atoms with E-state index >= 15 is 0 Å². The summed E-state index contributed by atoms with van der Waals surface area (Å²) in [5.74, 6) is -0.248. The van der Waals surface area contributed by atoms with Crippen LogP contribution >= 0.6 is 0 Å². The Hall–Kier alpha value is -3.63. The summed E-state index contributed by atoms with van der Waals surface area (Å²) in [6.45, 7) is 1.65. The lowest BCUT2D eigenvalue weighted by Gasteiger charge is -2.27. The van der Waals surface area contributed by atoms with Gasteiger partial charge in [0.05, 0.1) is 34.9 Å². The van der Waals surface area contributed by atoms with Crippen LogP contribution in [-0.2, 0) is 6.54 Å². The Bertz CT molecular complexity index is 1190. The molecule has 1 amide bonds. The average Bonchev–Trinajstić information content (AvgIpc) is 3.31. The summed E-state index contributed by atoms with van der Waals surface area (Å²) in [6, 6.07) is 5.84. The van der Waals surface area contributed by atoms with E-state index in [1.165, 1.54) is 12.1 Å². The van der Waals surface area contributed by atoms with Crippen LogP contribution in [0.4, 0.5) is 14.5 Å². The van der Waals surface area contributed by atoms with Crippen LogP contribution in [0, 0.1) is 4.91 Å². The molecule has 36 heavy (non-hydrogen) atoms. The molecule has 2 N–H and O–H groups in total. The Balaban J connectivity index is 1.59. The van der Waals surface area contributed by atoms with Crippen LogP contribution in [0.3, 0.4) is 0 Å². The number of rotatable bonds is 10. The minimum Gasteiger partial charge on any atom is -0.435 e. The number of hydrogen-bond acceptors (Lipinski definition) is 7. The SMILES string of the molecule is CCC(NC(=O)c1cnc2c(cnn2CC)c1NC1CCC(N=O)CC1)c1ccc(OC(F)F)cc1. The van der Waals surface area contributed by atoms with Gasteiger partial charge in [-0.25, -0.2) is 9.67 Å². The van der Waals surface area contributed by atoms with Crippen LogP contribution < -0.4 is 15.4 Å². The lowest BCUT2D eigenvalue weighted by atomic mass is 9.91. The molecule has 2 aromatic heterocycles. The van der Waals surface area contributed by atoms with Crippen molar-refractivity contribution in [3.8, 4) is 5.75 Å². The van der Waals surface area contributed by atoms with Gasteiger partial charge in [-0.05, 0) is 56.7 Å². The van der Waals surface area contributed by atoms with E-state index in [0.29, 0.717) is 42.7 Å². The molecule has 4 rings (SSSR count). The molecule has 3 aromatic rings. The van der Waals surface area contributed by atoms with Crippen LogP contribution in [0.25, 0.3) is 11.0 Å². The standard InChI is InChI=1S/C25H30F2N6O3/c1-3-21(15-5-11-18(12-6-15)36-25(26)27)31-24(34)20-13-28-23-19(14-29-33(23)4-2)22(20)30-16-7-9-17(32-35)10-8-16/h5-6,11-14,16-17,21,25H,3-4,7-10H2,1-2H3,(H,28,30)(H,31,34). The molecule has 1 saturated carbocycles. The Morgan fingerprint density at radius 1 is 1.17 bits per heavy atom. The average molecular weight is 501 g/mol. The van der Waals surface area contributed by atoms with Crippen LogP contribution in [-0.4, -0.2) is 39.4 Å². The van der Waals surface area contributed by atoms with Crippen molar-refractivity contribution in [3.63, 3.8) is 0 Å². The number of anilines is 1. The minimum atomic E-state index is -2.90. The molecule has 192 valence electrons. The highest BCUT2D eigenvalue weighted by Gasteiger charge is 2.26. The van der Waals surface area contributed by atoms with Crippen LogP contribution in [0.15, 0.2) is 41.8 Å². The number of nitrogens with zero attached hydrogens (tertiary/aromatic N) is 4. The third-order valence-corrected chi connectivity index (χ3v) is 6.63. The monoisotopic (exact) mass is 500 g/mol. The number of carbonyl (C=O) groups excluding carboxylic acids is 1. The number of hydrogen-bond donors (Lipinski definition) is 2. The Kier molecular flexibility index (Phi) is 8.07. The van der Waals surface area contributed by atoms with Crippen molar-refractivity contribution < 1.29 is 18.3 Å². The number of alkyl halides is 2. The van der Waals surface area contributed by atoms with Gasteiger partial charge >= 0.3 is 6.61 Å². The number of aryl methyl sites for hydroxylation is 1. The number of benzene rings is 1. The van der Waals surface area contributed by atoms with E-state index in [1.54, 1.807) is 29.2 Å². The second-order valence-corrected chi connectivity index (χ2v) is 8.88. The Morgan fingerprint density at radius 2 is 1.89 bits per heavy atom. The number of fused-ring (bicyclic) bond motifs is 1. The van der Waals surface area contributed by atoms with Crippen molar-refractivity contribution in [3.05, 3.63) is 52.7 Å². The molecular weight excluding hydrogens is 470 g/mol. The summed E-state index contributed by atoms with van der Waals surface area (Å²) in [7, 11) is 0. The zero-order valence-corrected chi connectivity index (χ0v) is 20.3. The Morgan fingerprint density at radius 3 is 2.50 bits per heavy atom. The molecular formula is C25H30F2N6O3. The first-order valence-corrected chi connectivity index (χ1v) is 12.2. The number of pyridine rings is 1. The van der Waals surface area contributed by atoms with E-state index in [-0.39, 0.29) is 29.8 Å². The molecule has 0 bridgehead atoms. The lowest BCUT2D eigenvalue weighted by Crippen LogP contribution is -2.31. The number of aromatic nitrogens is 3. The van der Waals surface area contributed by atoms with Crippen molar-refractivity contribution in [1.82, 2.24) is 20.1 Å². The van der Waals surface area contributed by atoms with Gasteiger partial charge in [0, 0.05) is 18.8 Å². The molecule has 1 atom stereocenters. The third-order valence-electron chi connectivity index (χ3n) is 6.63. The fraction of sp³-hybridized carbons (Fsp3) is 0.480. The second-order valence-electron chi connectivity index (χ2n) is 8.88. The van der Waals surface area contributed by atoms with Gasteiger partial charge < -0.3 is 15.4 Å². The van der Waals surface area contributed by atoms with E-state index in [1.807, 2.05) is 13.8 Å². The van der Waals surface area contributed by atoms with Gasteiger partial charge in [0.1, 0.15) is 5.75 Å². The topological polar surface area (TPSA) is 111 Å². The first-order chi connectivity index (χ1) is 17.4. The van der Waals surface area contributed by atoms with Gasteiger partial charge in [-0.15, -0.1) is 0 Å². The zero-order valence-electron chi connectivity index (χ0n) is 20.3. The predicted octanol–water partition coefficient (Wildman–Crippen LogP) is 5.42. The third kappa shape index (κ3) is 5.60. The molecule has 1 fully saturated rings. The van der Waals surface area contributed by atoms with Gasteiger partial charge in [0.2, 0.25) is 0 Å². The summed E-state index contributed by atoms with van der Waals surface area (Å²) in [5.41, 5.74) is 2.51. The quantitative estimate of drug-likeness (QED) is 0.360. The predicted molar refractivity (Wildman–Crippen MR) is 132 cm³/mol. The summed E-state index contributed by atoms with van der Waals surface area (Å²) < 4.78 is 31.1. The lowest BCUT2D eigenvalue weighted by molar-refractivity contribution is -0.0498. The molecule has 2 heterocycles. The number of carbonyl (C=O) groups is 1. The molecule has 0 spiro atoms. The maximum absolute atomic E-state index is 13.5. The van der Waals surface area contributed by atoms with E-state index in [0.717, 1.165) is 23.8 Å². The first kappa shape index (κ1) is 25.5. The van der Waals surface area contributed by atoms with Crippen LogP contribution in [0.2, 0.25) is 0 Å². The molecule has 9 nitrogen and oxygen atoms in total. The fourth-order valence-electron chi connectivity index (χ4n) is 4.65. The number of halogens is 2. The second kappa shape index (κ2) is 11.4. The molecule has 1 aromatic carbocycles. The van der Waals surface area contributed by atoms with Crippen molar-refractivity contribution in [2.45, 2.75) is 77.2 Å². The number of nitroso groups, excluding NO2 is 1. The zero-order chi connectivity index (χ0) is 25.7. The summed E-state index contributed by atoms with van der Waals surface area (Å²) in [4.78, 5) is 28.9. The van der Waals surface area contributed by atoms with Gasteiger partial charge in [-0.1, -0.05) is 24.2 Å². The van der Waals surface area contributed by atoms with Crippen molar-refractivity contribution in [2.75, 3.05) is 5.32 Å². The molecule has 11 heteroatoms. The summed E-state index contributed by atoms with van der Waals surface area (Å²) in [6.07, 6.45) is 6.81. The number of ether oxygens (including phenoxy) is 1. The largest absolute Gasteiger partial charge is 0.435 e. The number of nitrogens with one attached hydrogen (secondary N) is 2. The summed E-state index contributed by atoms with van der Waals surface area (Å²) >= 11 is 0. The highest BCUT2D eigenvalue weighted by Crippen LogP contribution is 2.31. The van der Waals surface area contributed by atoms with E-state index in [9.17, 15) is 18.5 Å². The number of amides is 1. The van der Waals surface area contributed by atoms with Crippen molar-refractivity contribution in [1.29, 1.82) is 0 Å². The van der Waals surface area contributed by atoms with Gasteiger partial charge in [0.15, 0.2) is 5.65 Å². The smallest absolute Gasteiger partial charge is 0.387 e. The minimum absolute atomic E-state index is 0.0588. The molecule has 1 aliphatic rings. The fourth-order valence-corrected chi connectivity index (χ4v) is 4.65. The molecule has 1 unspecified atom stereocenters. The Labute approximate surface area is 207 Å². The van der Waals surface area contributed by atoms with E-state index < -0.39 is 6.61 Å². The van der Waals surface area contributed by atoms with Gasteiger partial charge in [-0.3, -0.25) is 4.79 Å². The summed E-state index contributed by atoms with van der Waals surface area (Å²) in [5, 5.41) is 14.9. The maximum atomic E-state index is 13.5. The molecule has 0 aliphatic heterocycles. The molecule has 0 saturated heterocycles. The molecule has 0 radical (unpaired) electrons. The highest BCUT2D eigenvalue weighted by molar-refractivity contribution is 6.06. The normalized spacial score (nSPS) is 18.7. The first-order valence-electron chi connectivity index (χ1n) is 12.2. The van der Waals surface area contributed by atoms with E-state index in [4.69, 9.17) is 0 Å². The van der Waals surface area contributed by atoms with Crippen LogP contribution in [0.1, 0.15) is 67.9 Å². The van der Waals surface area contributed by atoms with Gasteiger partial charge in [-0.2, -0.15) is 18.8 Å².